The van der Waals surface area contributed by atoms with Crippen LogP contribution in [-0.4, -0.2) is 20.9 Å². The van der Waals surface area contributed by atoms with E-state index in [2.05, 4.69) is 20.3 Å². The maximum Gasteiger partial charge on any atom is 0.244 e. The van der Waals surface area contributed by atoms with Crippen molar-refractivity contribution in [2.24, 2.45) is 0 Å². The van der Waals surface area contributed by atoms with Gasteiger partial charge in [0.2, 0.25) is 5.91 Å². The Morgan fingerprint density at radius 1 is 1.63 bits per heavy atom. The zero-order chi connectivity index (χ0) is 13.7. The number of hydrogen-bond donors (Lipinski definition) is 2. The summed E-state index contributed by atoms with van der Waals surface area (Å²) < 4.78 is 0. The van der Waals surface area contributed by atoms with Crippen molar-refractivity contribution in [3.05, 3.63) is 40.4 Å². The van der Waals surface area contributed by atoms with Gasteiger partial charge in [-0.1, -0.05) is 6.92 Å². The Kier molecular flexibility index (Phi) is 4.46. The fraction of sp³-hybridized carbons (Fsp3) is 0.308. The lowest BCUT2D eigenvalue weighted by atomic mass is 10.2. The summed E-state index contributed by atoms with van der Waals surface area (Å²) >= 11 is 1.56. The first-order valence-corrected chi connectivity index (χ1v) is 6.97. The summed E-state index contributed by atoms with van der Waals surface area (Å²) in [5.74, 6) is 0.627. The number of nitrogens with one attached hydrogen (secondary N) is 2. The van der Waals surface area contributed by atoms with Crippen LogP contribution in [0.1, 0.15) is 35.9 Å². The molecule has 2 aromatic rings. The van der Waals surface area contributed by atoms with Crippen LogP contribution in [0.4, 0.5) is 0 Å². The fourth-order valence-corrected chi connectivity index (χ4v) is 2.25. The van der Waals surface area contributed by atoms with Crippen molar-refractivity contribution in [2.45, 2.75) is 26.3 Å². The van der Waals surface area contributed by atoms with E-state index in [0.717, 1.165) is 22.9 Å². The molecule has 100 valence electrons. The van der Waals surface area contributed by atoms with Crippen LogP contribution in [0.3, 0.4) is 0 Å². The van der Waals surface area contributed by atoms with Gasteiger partial charge in [0.05, 0.1) is 16.7 Å². The van der Waals surface area contributed by atoms with Crippen molar-refractivity contribution >= 4 is 23.3 Å². The van der Waals surface area contributed by atoms with Crippen LogP contribution in [0.25, 0.3) is 6.08 Å². The van der Waals surface area contributed by atoms with Gasteiger partial charge in [-0.05, 0) is 19.4 Å². The van der Waals surface area contributed by atoms with E-state index < -0.39 is 0 Å². The standard InChI is InChI=1S/C13H16N4OS/c1-3-11(13-14-6-7-15-13)17-12(18)5-4-10-8-19-9(2)16-10/h4-8,11H,3H2,1-2H3,(H,14,15)(H,17,18)/b5-4+. The maximum absolute atomic E-state index is 11.8. The summed E-state index contributed by atoms with van der Waals surface area (Å²) in [7, 11) is 0. The van der Waals surface area contributed by atoms with Gasteiger partial charge in [0.15, 0.2) is 0 Å². The molecule has 0 aliphatic rings. The molecule has 0 radical (unpaired) electrons. The van der Waals surface area contributed by atoms with Crippen LogP contribution >= 0.6 is 11.3 Å². The summed E-state index contributed by atoms with van der Waals surface area (Å²) in [5.41, 5.74) is 0.809. The third-order valence-corrected chi connectivity index (χ3v) is 3.41. The normalized spacial score (nSPS) is 12.7. The molecular formula is C13H16N4OS. The molecule has 0 aliphatic heterocycles. The first kappa shape index (κ1) is 13.5. The predicted molar refractivity (Wildman–Crippen MR) is 75.6 cm³/mol. The molecule has 1 unspecified atom stereocenters. The Labute approximate surface area is 115 Å². The van der Waals surface area contributed by atoms with Crippen molar-refractivity contribution in [1.82, 2.24) is 20.3 Å². The molecule has 6 heteroatoms. The minimum Gasteiger partial charge on any atom is -0.347 e. The minimum atomic E-state index is -0.145. The molecule has 0 saturated heterocycles. The Morgan fingerprint density at radius 3 is 3.05 bits per heavy atom. The van der Waals surface area contributed by atoms with Crippen LogP contribution in [0.5, 0.6) is 0 Å². The maximum atomic E-state index is 11.8. The predicted octanol–water partition coefficient (Wildman–Crippen LogP) is 2.46. The van der Waals surface area contributed by atoms with Gasteiger partial charge in [-0.25, -0.2) is 9.97 Å². The van der Waals surface area contributed by atoms with Gasteiger partial charge in [-0.15, -0.1) is 11.3 Å². The quantitative estimate of drug-likeness (QED) is 0.824. The third-order valence-electron chi connectivity index (χ3n) is 2.62. The van der Waals surface area contributed by atoms with Gasteiger partial charge in [0.1, 0.15) is 5.82 Å². The molecule has 1 atom stereocenters. The molecule has 19 heavy (non-hydrogen) atoms. The monoisotopic (exact) mass is 276 g/mol. The van der Waals surface area contributed by atoms with Crippen molar-refractivity contribution in [3.8, 4) is 0 Å². The molecule has 0 saturated carbocycles. The first-order valence-electron chi connectivity index (χ1n) is 6.09. The number of carbonyl (C=O) groups excluding carboxylic acids is 1. The highest BCUT2D eigenvalue weighted by molar-refractivity contribution is 7.09. The second-order valence-corrected chi connectivity index (χ2v) is 5.13. The topological polar surface area (TPSA) is 70.7 Å². The average molecular weight is 276 g/mol. The summed E-state index contributed by atoms with van der Waals surface area (Å²) in [5, 5.41) is 5.81. The van der Waals surface area contributed by atoms with Crippen LogP contribution in [-0.2, 0) is 4.79 Å². The number of H-pyrrole nitrogens is 1. The SMILES string of the molecule is CCC(NC(=O)/C=C/c1csc(C)n1)c1ncc[nH]1. The molecule has 0 aromatic carbocycles. The molecule has 1 amide bonds. The summed E-state index contributed by atoms with van der Waals surface area (Å²) in [6, 6.07) is -0.0932. The number of aryl methyl sites for hydroxylation is 1. The van der Waals surface area contributed by atoms with Gasteiger partial charge in [0, 0.05) is 23.8 Å². The zero-order valence-corrected chi connectivity index (χ0v) is 11.7. The number of thiazole rings is 1. The largest absolute Gasteiger partial charge is 0.347 e. The first-order chi connectivity index (χ1) is 9.19. The smallest absolute Gasteiger partial charge is 0.244 e. The van der Waals surface area contributed by atoms with E-state index in [0.29, 0.717) is 0 Å². The van der Waals surface area contributed by atoms with E-state index in [4.69, 9.17) is 0 Å². The fourth-order valence-electron chi connectivity index (χ4n) is 1.67. The van der Waals surface area contributed by atoms with Gasteiger partial charge < -0.3 is 10.3 Å². The van der Waals surface area contributed by atoms with Crippen LogP contribution < -0.4 is 5.32 Å². The molecular weight excluding hydrogens is 260 g/mol. The number of nitrogens with zero attached hydrogens (tertiary/aromatic N) is 2. The van der Waals surface area contributed by atoms with E-state index in [9.17, 15) is 4.79 Å². The van der Waals surface area contributed by atoms with Crippen LogP contribution in [0.2, 0.25) is 0 Å². The van der Waals surface area contributed by atoms with Crippen LogP contribution in [0, 0.1) is 6.92 Å². The number of hydrogen-bond acceptors (Lipinski definition) is 4. The van der Waals surface area contributed by atoms with Crippen molar-refractivity contribution in [3.63, 3.8) is 0 Å². The molecule has 2 rings (SSSR count). The summed E-state index contributed by atoms with van der Waals surface area (Å²) in [6.07, 6.45) is 7.42. The van der Waals surface area contributed by atoms with E-state index in [-0.39, 0.29) is 11.9 Å². The molecule has 0 aliphatic carbocycles. The Balaban J connectivity index is 1.95. The lowest BCUT2D eigenvalue weighted by Gasteiger charge is -2.12. The molecule has 0 spiro atoms. The Bertz CT molecular complexity index is 559. The highest BCUT2D eigenvalue weighted by Crippen LogP contribution is 2.12. The average Bonchev–Trinajstić information content (AvgIpc) is 3.05. The lowest BCUT2D eigenvalue weighted by molar-refractivity contribution is -0.117. The number of carbonyl (C=O) groups is 1. The molecule has 5 nitrogen and oxygen atoms in total. The van der Waals surface area contributed by atoms with E-state index >= 15 is 0 Å². The molecule has 0 bridgehead atoms. The molecule has 2 N–H and O–H groups in total. The molecule has 2 heterocycles. The molecule has 2 aromatic heterocycles. The third kappa shape index (κ3) is 3.75. The van der Waals surface area contributed by atoms with E-state index in [1.165, 1.54) is 6.08 Å². The highest BCUT2D eigenvalue weighted by Gasteiger charge is 2.12. The number of imidazole rings is 1. The van der Waals surface area contributed by atoms with Gasteiger partial charge in [0.25, 0.3) is 0 Å². The number of amides is 1. The summed E-state index contributed by atoms with van der Waals surface area (Å²) in [6.45, 7) is 3.94. The second-order valence-electron chi connectivity index (χ2n) is 4.07. The Hall–Kier alpha value is -1.95. The lowest BCUT2D eigenvalue weighted by Crippen LogP contribution is -2.27. The number of aromatic nitrogens is 3. The van der Waals surface area contributed by atoms with Gasteiger partial charge in [-0.3, -0.25) is 4.79 Å². The van der Waals surface area contributed by atoms with Crippen LogP contribution in [0.15, 0.2) is 23.8 Å². The zero-order valence-electron chi connectivity index (χ0n) is 10.9. The summed E-state index contributed by atoms with van der Waals surface area (Å²) in [4.78, 5) is 23.3. The highest BCUT2D eigenvalue weighted by atomic mass is 32.1. The number of rotatable bonds is 5. The van der Waals surface area contributed by atoms with Crippen molar-refractivity contribution in [2.75, 3.05) is 0 Å². The van der Waals surface area contributed by atoms with E-state index in [1.54, 1.807) is 29.8 Å². The van der Waals surface area contributed by atoms with Gasteiger partial charge >= 0.3 is 0 Å². The minimum absolute atomic E-state index is 0.0932. The molecule has 0 fully saturated rings. The van der Waals surface area contributed by atoms with Crippen molar-refractivity contribution < 1.29 is 4.79 Å². The van der Waals surface area contributed by atoms with Crippen molar-refractivity contribution in [1.29, 1.82) is 0 Å². The van der Waals surface area contributed by atoms with E-state index in [1.807, 2.05) is 19.2 Å². The Morgan fingerprint density at radius 2 is 2.47 bits per heavy atom. The second kappa shape index (κ2) is 6.29. The number of aromatic amines is 1. The van der Waals surface area contributed by atoms with Gasteiger partial charge in [-0.2, -0.15) is 0 Å².